The lowest BCUT2D eigenvalue weighted by molar-refractivity contribution is -0.127. The molecule has 6 heteroatoms. The minimum absolute atomic E-state index is 0.118. The molecule has 6 nitrogen and oxygen atoms in total. The Balaban J connectivity index is 1.76. The molecule has 0 aromatic heterocycles. The third kappa shape index (κ3) is 5.65. The molecular formula is C18H33N3O3. The van der Waals surface area contributed by atoms with Gasteiger partial charge in [-0.15, -0.1) is 0 Å². The van der Waals surface area contributed by atoms with Gasteiger partial charge in [-0.2, -0.15) is 0 Å². The number of ether oxygens (including phenoxy) is 1. The van der Waals surface area contributed by atoms with Crippen molar-refractivity contribution >= 4 is 12.0 Å². The number of amides is 2. The fourth-order valence-electron chi connectivity index (χ4n) is 3.35. The Morgan fingerprint density at radius 3 is 2.17 bits per heavy atom. The van der Waals surface area contributed by atoms with Crippen LogP contribution in [0.15, 0.2) is 0 Å². The smallest absolute Gasteiger partial charge is 0.410 e. The lowest BCUT2D eigenvalue weighted by atomic mass is 9.95. The van der Waals surface area contributed by atoms with Gasteiger partial charge in [0.15, 0.2) is 0 Å². The molecule has 0 bridgehead atoms. The first-order chi connectivity index (χ1) is 11.3. The molecule has 1 saturated carbocycles. The summed E-state index contributed by atoms with van der Waals surface area (Å²) in [6, 6.07) is 0.199. The van der Waals surface area contributed by atoms with Gasteiger partial charge >= 0.3 is 6.09 Å². The number of rotatable bonds is 3. The molecule has 0 spiro atoms. The number of nitrogens with zero attached hydrogens (tertiary/aromatic N) is 2. The molecule has 1 aliphatic carbocycles. The van der Waals surface area contributed by atoms with Gasteiger partial charge in [0.25, 0.3) is 0 Å². The molecule has 1 atom stereocenters. The first kappa shape index (κ1) is 19.0. The van der Waals surface area contributed by atoms with Gasteiger partial charge in [-0.05, 0) is 40.5 Å². The Hall–Kier alpha value is -1.30. The maximum atomic E-state index is 12.5. The predicted molar refractivity (Wildman–Crippen MR) is 93.9 cm³/mol. The van der Waals surface area contributed by atoms with Crippen molar-refractivity contribution in [3.8, 4) is 0 Å². The van der Waals surface area contributed by atoms with E-state index in [1.54, 1.807) is 4.90 Å². The molecule has 2 rings (SSSR count). The van der Waals surface area contributed by atoms with Crippen molar-refractivity contribution in [3.05, 3.63) is 0 Å². The zero-order valence-corrected chi connectivity index (χ0v) is 15.6. The minimum atomic E-state index is -0.471. The highest BCUT2D eigenvalue weighted by molar-refractivity contribution is 5.81. The van der Waals surface area contributed by atoms with Crippen LogP contribution in [0.1, 0.15) is 59.8 Å². The van der Waals surface area contributed by atoms with Crippen LogP contribution in [-0.4, -0.2) is 65.7 Å². The summed E-state index contributed by atoms with van der Waals surface area (Å²) >= 11 is 0. The van der Waals surface area contributed by atoms with Crippen molar-refractivity contribution in [3.63, 3.8) is 0 Å². The van der Waals surface area contributed by atoms with Gasteiger partial charge in [-0.25, -0.2) is 4.79 Å². The highest BCUT2D eigenvalue weighted by atomic mass is 16.6. The van der Waals surface area contributed by atoms with Crippen molar-refractivity contribution in [2.75, 3.05) is 26.2 Å². The summed E-state index contributed by atoms with van der Waals surface area (Å²) in [6.45, 7) is 10.2. The van der Waals surface area contributed by atoms with Crippen LogP contribution in [0.5, 0.6) is 0 Å². The van der Waals surface area contributed by atoms with E-state index in [2.05, 4.69) is 10.2 Å². The second kappa shape index (κ2) is 8.19. The summed E-state index contributed by atoms with van der Waals surface area (Å²) in [5, 5.41) is 3.20. The van der Waals surface area contributed by atoms with E-state index >= 15 is 0 Å². The summed E-state index contributed by atoms with van der Waals surface area (Å²) in [4.78, 5) is 28.4. The standard InChI is InChI=1S/C18H33N3O3/c1-14(16(22)19-15-8-6-5-7-9-15)20-10-12-21(13-11-20)17(23)24-18(2,3)4/h14-15H,5-13H2,1-4H3,(H,19,22). The SMILES string of the molecule is CC(C(=O)NC1CCCCC1)N1CCN(C(=O)OC(C)(C)C)CC1. The maximum Gasteiger partial charge on any atom is 0.410 e. The first-order valence-electron chi connectivity index (χ1n) is 9.28. The predicted octanol–water partition coefficient (Wildman–Crippen LogP) is 2.38. The Kier molecular flexibility index (Phi) is 6.49. The topological polar surface area (TPSA) is 61.9 Å². The number of nitrogens with one attached hydrogen (secondary N) is 1. The maximum absolute atomic E-state index is 12.5. The van der Waals surface area contributed by atoms with Crippen LogP contribution < -0.4 is 5.32 Å². The molecule has 138 valence electrons. The molecule has 0 aromatic carbocycles. The summed E-state index contributed by atoms with van der Waals surface area (Å²) in [5.41, 5.74) is -0.471. The van der Waals surface area contributed by atoms with Crippen molar-refractivity contribution < 1.29 is 14.3 Å². The Morgan fingerprint density at radius 2 is 1.62 bits per heavy atom. The van der Waals surface area contributed by atoms with Crippen LogP contribution in [0.3, 0.4) is 0 Å². The van der Waals surface area contributed by atoms with E-state index in [1.165, 1.54) is 19.3 Å². The molecule has 0 radical (unpaired) electrons. The van der Waals surface area contributed by atoms with Crippen molar-refractivity contribution in [1.29, 1.82) is 0 Å². The zero-order valence-electron chi connectivity index (χ0n) is 15.6. The second-order valence-electron chi connectivity index (χ2n) is 8.02. The number of hydrogen-bond donors (Lipinski definition) is 1. The average molecular weight is 339 g/mol. The van der Waals surface area contributed by atoms with E-state index in [0.29, 0.717) is 32.2 Å². The van der Waals surface area contributed by atoms with Crippen LogP contribution in [0, 0.1) is 0 Å². The van der Waals surface area contributed by atoms with Crippen LogP contribution in [0.2, 0.25) is 0 Å². The van der Waals surface area contributed by atoms with Crippen LogP contribution in [-0.2, 0) is 9.53 Å². The van der Waals surface area contributed by atoms with E-state index in [0.717, 1.165) is 12.8 Å². The van der Waals surface area contributed by atoms with Gasteiger partial charge in [-0.1, -0.05) is 19.3 Å². The van der Waals surface area contributed by atoms with Gasteiger partial charge in [0.2, 0.25) is 5.91 Å². The molecule has 1 saturated heterocycles. The van der Waals surface area contributed by atoms with Crippen molar-refractivity contribution in [2.45, 2.75) is 77.5 Å². The number of hydrogen-bond acceptors (Lipinski definition) is 4. The Morgan fingerprint density at radius 1 is 1.04 bits per heavy atom. The quantitative estimate of drug-likeness (QED) is 0.857. The highest BCUT2D eigenvalue weighted by Crippen LogP contribution is 2.18. The zero-order chi connectivity index (χ0) is 17.7. The van der Waals surface area contributed by atoms with Gasteiger partial charge in [0.1, 0.15) is 5.60 Å². The van der Waals surface area contributed by atoms with E-state index in [9.17, 15) is 9.59 Å². The van der Waals surface area contributed by atoms with Gasteiger partial charge in [0, 0.05) is 32.2 Å². The molecular weight excluding hydrogens is 306 g/mol. The lowest BCUT2D eigenvalue weighted by Crippen LogP contribution is -2.56. The monoisotopic (exact) mass is 339 g/mol. The number of carbonyl (C=O) groups is 2. The fourth-order valence-corrected chi connectivity index (χ4v) is 3.35. The Bertz CT molecular complexity index is 433. The van der Waals surface area contributed by atoms with Gasteiger partial charge in [-0.3, -0.25) is 9.69 Å². The normalized spacial score (nSPS) is 22.1. The van der Waals surface area contributed by atoms with Gasteiger partial charge < -0.3 is 15.0 Å². The van der Waals surface area contributed by atoms with E-state index in [1.807, 2.05) is 27.7 Å². The Labute approximate surface area is 145 Å². The first-order valence-corrected chi connectivity index (χ1v) is 9.28. The lowest BCUT2D eigenvalue weighted by Gasteiger charge is -2.38. The van der Waals surface area contributed by atoms with Crippen molar-refractivity contribution in [1.82, 2.24) is 15.1 Å². The molecule has 2 fully saturated rings. The third-order valence-electron chi connectivity index (χ3n) is 4.84. The summed E-state index contributed by atoms with van der Waals surface area (Å²) in [7, 11) is 0. The highest BCUT2D eigenvalue weighted by Gasteiger charge is 2.30. The molecule has 1 heterocycles. The summed E-state index contributed by atoms with van der Waals surface area (Å²) in [6.07, 6.45) is 5.66. The second-order valence-corrected chi connectivity index (χ2v) is 8.02. The van der Waals surface area contributed by atoms with E-state index in [4.69, 9.17) is 4.74 Å². The average Bonchev–Trinajstić information content (AvgIpc) is 2.53. The van der Waals surface area contributed by atoms with Crippen LogP contribution in [0.4, 0.5) is 4.79 Å². The van der Waals surface area contributed by atoms with Gasteiger partial charge in [0.05, 0.1) is 6.04 Å². The largest absolute Gasteiger partial charge is 0.444 e. The third-order valence-corrected chi connectivity index (χ3v) is 4.84. The molecule has 1 unspecified atom stereocenters. The molecule has 2 aliphatic rings. The summed E-state index contributed by atoms with van der Waals surface area (Å²) < 4.78 is 5.41. The van der Waals surface area contributed by atoms with Crippen LogP contribution >= 0.6 is 0 Å². The molecule has 24 heavy (non-hydrogen) atoms. The van der Waals surface area contributed by atoms with Crippen LogP contribution in [0.25, 0.3) is 0 Å². The summed E-state index contributed by atoms with van der Waals surface area (Å²) in [5.74, 6) is 0.118. The molecule has 2 amide bonds. The number of piperazine rings is 1. The fraction of sp³-hybridized carbons (Fsp3) is 0.889. The van der Waals surface area contributed by atoms with Crippen molar-refractivity contribution in [2.24, 2.45) is 0 Å². The van der Waals surface area contributed by atoms with E-state index < -0.39 is 5.60 Å². The molecule has 1 N–H and O–H groups in total. The molecule has 0 aromatic rings. The van der Waals surface area contributed by atoms with E-state index in [-0.39, 0.29) is 18.0 Å². The molecule has 1 aliphatic heterocycles. The minimum Gasteiger partial charge on any atom is -0.444 e. The number of carbonyl (C=O) groups excluding carboxylic acids is 2.